The van der Waals surface area contributed by atoms with E-state index in [-0.39, 0.29) is 47.5 Å². The minimum atomic E-state index is -4.55. The zero-order chi connectivity index (χ0) is 55.0. The summed E-state index contributed by atoms with van der Waals surface area (Å²) < 4.78 is 74.9. The Morgan fingerprint density at radius 1 is 0.273 bits per heavy atom. The number of fused-ring (bicyclic) bond motifs is 2. The van der Waals surface area contributed by atoms with Crippen LogP contribution in [0.5, 0.6) is 0 Å². The zero-order valence-corrected chi connectivity index (χ0v) is 53.7. The molecule has 0 spiro atoms. The fraction of sp³-hybridized carbons (Fsp3) is 0.706. The first-order valence-electron chi connectivity index (χ1n) is 32.0. The molecule has 0 atom stereocenters. The molecular weight excluding hydrogens is 1020 g/mol. The van der Waals surface area contributed by atoms with Crippen LogP contribution in [0.3, 0.4) is 0 Å². The van der Waals surface area contributed by atoms with E-state index in [0.717, 1.165) is 86.1 Å². The third kappa shape index (κ3) is 30.9. The van der Waals surface area contributed by atoms with Gasteiger partial charge in [-0.25, -0.2) is 16.8 Å². The van der Waals surface area contributed by atoms with E-state index >= 15 is 0 Å². The fourth-order valence-corrected chi connectivity index (χ4v) is 13.5. The molecule has 6 nitrogen and oxygen atoms in total. The van der Waals surface area contributed by atoms with Crippen molar-refractivity contribution in [1.29, 1.82) is 0 Å². The van der Waals surface area contributed by atoms with Crippen molar-refractivity contribution in [3.8, 4) is 0 Å². The largest absolute Gasteiger partial charge is 2.00 e. The predicted molar refractivity (Wildman–Crippen MR) is 332 cm³/mol. The van der Waals surface area contributed by atoms with Crippen molar-refractivity contribution in [2.45, 2.75) is 320 Å². The summed E-state index contributed by atoms with van der Waals surface area (Å²) in [4.78, 5) is 0.0993. The molecule has 0 heterocycles. The minimum Gasteiger partial charge on any atom is -0.744 e. The topological polar surface area (TPSA) is 114 Å². The van der Waals surface area contributed by atoms with Crippen molar-refractivity contribution < 1.29 is 25.9 Å². The molecule has 0 unspecified atom stereocenters. The summed E-state index contributed by atoms with van der Waals surface area (Å²) in [6, 6.07) is 19.7. The van der Waals surface area contributed by atoms with E-state index in [4.69, 9.17) is 0 Å². The number of unbranched alkanes of at least 4 members (excludes halogenated alkanes) is 36. The summed E-state index contributed by atoms with van der Waals surface area (Å²) >= 11 is 0. The van der Waals surface area contributed by atoms with Gasteiger partial charge in [-0.3, -0.25) is 0 Å². The van der Waals surface area contributed by atoms with Gasteiger partial charge in [-0.05, 0) is 84.4 Å². The molecule has 0 aliphatic carbocycles. The standard InChI is InChI=1S/2C34H56O3S.Ca/c2*1-3-5-7-9-11-13-15-17-19-21-24-30-26-23-27-31-28-29-32(34(33(30)31)38(35,36)37)25-22-20-18-16-14-12-10-8-6-4-2;/h2*23,26-29H,3-22,24-25H2,1-2H3,(H,35,36,37);/q;;+2/p-2. The second-order valence-corrected chi connectivity index (χ2v) is 25.4. The summed E-state index contributed by atoms with van der Waals surface area (Å²) in [5.41, 5.74) is 3.45. The molecule has 0 radical (unpaired) electrons. The van der Waals surface area contributed by atoms with Crippen molar-refractivity contribution in [2.75, 3.05) is 0 Å². The normalized spacial score (nSPS) is 11.8. The van der Waals surface area contributed by atoms with Gasteiger partial charge in [-0.15, -0.1) is 0 Å². The van der Waals surface area contributed by atoms with E-state index in [1.165, 1.54) is 205 Å². The van der Waals surface area contributed by atoms with Crippen LogP contribution in [0, 0.1) is 0 Å². The molecule has 0 saturated carbocycles. The number of aryl methyl sites for hydroxylation is 4. The van der Waals surface area contributed by atoms with Crippen LogP contribution in [0.2, 0.25) is 0 Å². The van der Waals surface area contributed by atoms with Crippen LogP contribution < -0.4 is 0 Å². The van der Waals surface area contributed by atoms with Gasteiger partial charge >= 0.3 is 37.7 Å². The molecule has 0 N–H and O–H groups in total. The van der Waals surface area contributed by atoms with Crippen LogP contribution in [-0.2, 0) is 45.9 Å². The zero-order valence-electron chi connectivity index (χ0n) is 49.9. The van der Waals surface area contributed by atoms with Gasteiger partial charge < -0.3 is 9.11 Å². The Balaban J connectivity index is 0.000000520. The summed E-state index contributed by atoms with van der Waals surface area (Å²) in [6.45, 7) is 9.01. The molecule has 9 heteroatoms. The van der Waals surface area contributed by atoms with Gasteiger partial charge in [-0.2, -0.15) is 0 Å². The third-order valence-electron chi connectivity index (χ3n) is 16.0. The van der Waals surface area contributed by atoms with E-state index in [1.807, 2.05) is 60.7 Å². The van der Waals surface area contributed by atoms with E-state index in [9.17, 15) is 25.9 Å². The van der Waals surface area contributed by atoms with E-state index in [1.54, 1.807) is 0 Å². The van der Waals surface area contributed by atoms with Crippen molar-refractivity contribution in [3.63, 3.8) is 0 Å². The minimum absolute atomic E-state index is 0. The molecule has 0 aliphatic rings. The van der Waals surface area contributed by atoms with Crippen molar-refractivity contribution in [1.82, 2.24) is 0 Å². The fourth-order valence-electron chi connectivity index (χ4n) is 11.5. The van der Waals surface area contributed by atoms with Crippen LogP contribution in [0.25, 0.3) is 21.5 Å². The van der Waals surface area contributed by atoms with Crippen LogP contribution in [0.15, 0.2) is 70.5 Å². The molecular formula is C68H110CaO6S2. The van der Waals surface area contributed by atoms with Gasteiger partial charge in [0.15, 0.2) is 0 Å². The van der Waals surface area contributed by atoms with Crippen LogP contribution >= 0.6 is 0 Å². The van der Waals surface area contributed by atoms with Gasteiger partial charge in [0.1, 0.15) is 20.2 Å². The Morgan fingerprint density at radius 2 is 0.481 bits per heavy atom. The molecule has 4 aromatic rings. The maximum Gasteiger partial charge on any atom is 2.00 e. The van der Waals surface area contributed by atoms with Gasteiger partial charge in [0.25, 0.3) is 0 Å². The monoisotopic (exact) mass is 1130 g/mol. The second-order valence-electron chi connectivity index (χ2n) is 22.8. The molecule has 432 valence electrons. The Morgan fingerprint density at radius 3 is 0.701 bits per heavy atom. The van der Waals surface area contributed by atoms with E-state index < -0.39 is 20.2 Å². The first kappa shape index (κ1) is 71.6. The molecule has 0 bridgehead atoms. The smallest absolute Gasteiger partial charge is 0.744 e. The number of hydrogen-bond acceptors (Lipinski definition) is 6. The average Bonchev–Trinajstić information content (AvgIpc) is 3.46. The van der Waals surface area contributed by atoms with Crippen LogP contribution in [0.1, 0.15) is 307 Å². The van der Waals surface area contributed by atoms with Gasteiger partial charge in [0.2, 0.25) is 0 Å². The third-order valence-corrected chi connectivity index (χ3v) is 18.0. The quantitative estimate of drug-likeness (QED) is 0.0247. The molecule has 0 amide bonds. The van der Waals surface area contributed by atoms with Gasteiger partial charge in [0, 0.05) is 10.8 Å². The van der Waals surface area contributed by atoms with Crippen LogP contribution in [-0.4, -0.2) is 63.7 Å². The summed E-state index contributed by atoms with van der Waals surface area (Å²) in [6.07, 6.45) is 53.3. The van der Waals surface area contributed by atoms with E-state index in [0.29, 0.717) is 34.7 Å². The molecule has 0 fully saturated rings. The Kier molecular flexibility index (Phi) is 41.9. The first-order chi connectivity index (χ1) is 37.0. The van der Waals surface area contributed by atoms with Crippen molar-refractivity contribution in [2.24, 2.45) is 0 Å². The van der Waals surface area contributed by atoms with Crippen molar-refractivity contribution in [3.05, 3.63) is 82.9 Å². The number of hydrogen-bond donors (Lipinski definition) is 0. The average molecular weight is 1130 g/mol. The van der Waals surface area contributed by atoms with E-state index in [2.05, 4.69) is 27.7 Å². The maximum absolute atomic E-state index is 12.5. The maximum atomic E-state index is 12.5. The summed E-state index contributed by atoms with van der Waals surface area (Å²) in [7, 11) is -9.09. The SMILES string of the molecule is CCCCCCCCCCCCc1ccc2cccc(CCCCCCCCCCCC)c2c1S(=O)(=O)[O-].CCCCCCCCCCCCc1ccc2cccc(CCCCCCCCCCCC)c2c1S(=O)(=O)[O-].[Ca+2]. The molecule has 0 aromatic heterocycles. The van der Waals surface area contributed by atoms with Gasteiger partial charge in [-0.1, -0.05) is 320 Å². The molecule has 4 aromatic carbocycles. The predicted octanol–water partition coefficient (Wildman–Crippen LogP) is 21.0. The number of benzene rings is 4. The summed E-state index contributed by atoms with van der Waals surface area (Å²) in [5, 5.41) is 3.11. The Hall–Kier alpha value is -1.52. The molecule has 0 saturated heterocycles. The molecule has 77 heavy (non-hydrogen) atoms. The Bertz CT molecular complexity index is 2160. The second kappa shape index (κ2) is 45.1. The molecule has 4 rings (SSSR count). The summed E-state index contributed by atoms with van der Waals surface area (Å²) in [5.74, 6) is 0. The number of rotatable bonds is 46. The Labute approximate surface area is 504 Å². The van der Waals surface area contributed by atoms with Crippen molar-refractivity contribution >= 4 is 79.5 Å². The van der Waals surface area contributed by atoms with Crippen LogP contribution in [0.4, 0.5) is 0 Å². The molecule has 0 aliphatic heterocycles. The first-order valence-corrected chi connectivity index (χ1v) is 34.8. The van der Waals surface area contributed by atoms with Gasteiger partial charge in [0.05, 0.1) is 9.79 Å².